The smallest absolute Gasteiger partial charge is 0.363 e. The molecule has 7 heteroatoms. The minimum atomic E-state index is -0.544. The van der Waals surface area contributed by atoms with Crippen molar-refractivity contribution in [3.05, 3.63) is 81.5 Å². The van der Waals surface area contributed by atoms with Crippen LogP contribution in [-0.2, 0) is 9.53 Å². The Labute approximate surface area is 193 Å². The average Bonchev–Trinajstić information content (AvgIpc) is 3.17. The standard InChI is InChI=1S/C26H28N2O5/c1-2-3-4-5-6-7-17-32-23-14-11-21(12-15-23)19-24-26(29)33-25(27-24)16-13-20-9-8-10-22(18-20)28(30)31/h8-16,18-19H,2-7,17H2,1H3/b16-13-,24-19+. The molecule has 172 valence electrons. The summed E-state index contributed by atoms with van der Waals surface area (Å²) < 4.78 is 10.9. The van der Waals surface area contributed by atoms with Gasteiger partial charge in [-0.05, 0) is 41.8 Å². The van der Waals surface area contributed by atoms with Gasteiger partial charge in [-0.2, -0.15) is 0 Å². The summed E-state index contributed by atoms with van der Waals surface area (Å²) in [6.07, 6.45) is 12.1. The summed E-state index contributed by atoms with van der Waals surface area (Å²) in [6, 6.07) is 13.6. The Morgan fingerprint density at radius 3 is 2.52 bits per heavy atom. The fraction of sp³-hybridized carbons (Fsp3) is 0.308. The Morgan fingerprint density at radius 2 is 1.76 bits per heavy atom. The highest BCUT2D eigenvalue weighted by molar-refractivity contribution is 6.11. The molecule has 7 nitrogen and oxygen atoms in total. The lowest BCUT2D eigenvalue weighted by Gasteiger charge is -2.06. The minimum absolute atomic E-state index is 0.0116. The minimum Gasteiger partial charge on any atom is -0.494 e. The molecular weight excluding hydrogens is 420 g/mol. The van der Waals surface area contributed by atoms with Crippen LogP contribution >= 0.6 is 0 Å². The van der Waals surface area contributed by atoms with Crippen LogP contribution in [-0.4, -0.2) is 23.4 Å². The van der Waals surface area contributed by atoms with Crippen molar-refractivity contribution in [2.75, 3.05) is 6.61 Å². The molecule has 0 atom stereocenters. The zero-order valence-corrected chi connectivity index (χ0v) is 18.7. The van der Waals surface area contributed by atoms with Crippen molar-refractivity contribution in [3.8, 4) is 5.75 Å². The molecule has 0 spiro atoms. The first kappa shape index (κ1) is 23.9. The molecule has 0 unspecified atom stereocenters. The van der Waals surface area contributed by atoms with Gasteiger partial charge in [0.15, 0.2) is 5.70 Å². The van der Waals surface area contributed by atoms with Crippen LogP contribution in [0.1, 0.15) is 56.6 Å². The maximum Gasteiger partial charge on any atom is 0.363 e. The van der Waals surface area contributed by atoms with Gasteiger partial charge in [-0.25, -0.2) is 9.79 Å². The summed E-state index contributed by atoms with van der Waals surface area (Å²) in [5.41, 5.74) is 1.59. The molecule has 0 aliphatic carbocycles. The number of hydrogen-bond acceptors (Lipinski definition) is 6. The number of esters is 1. The largest absolute Gasteiger partial charge is 0.494 e. The first-order valence-corrected chi connectivity index (χ1v) is 11.2. The molecule has 3 rings (SSSR count). The molecule has 1 heterocycles. The Hall–Kier alpha value is -3.74. The van der Waals surface area contributed by atoms with E-state index in [1.54, 1.807) is 24.3 Å². The topological polar surface area (TPSA) is 91.0 Å². The van der Waals surface area contributed by atoms with Gasteiger partial charge in [0.2, 0.25) is 5.90 Å². The predicted octanol–water partition coefficient (Wildman–Crippen LogP) is 6.34. The molecule has 0 bridgehead atoms. The Morgan fingerprint density at radius 1 is 1.00 bits per heavy atom. The second kappa shape index (κ2) is 12.3. The molecule has 1 aliphatic rings. The number of ether oxygens (including phenoxy) is 2. The Bertz CT molecular complexity index is 1050. The van der Waals surface area contributed by atoms with Crippen LogP contribution < -0.4 is 4.74 Å². The first-order chi connectivity index (χ1) is 16.0. The zero-order valence-electron chi connectivity index (χ0n) is 18.7. The third-order valence-corrected chi connectivity index (χ3v) is 5.09. The molecular formula is C26H28N2O5. The van der Waals surface area contributed by atoms with Crippen molar-refractivity contribution in [1.82, 2.24) is 0 Å². The summed E-state index contributed by atoms with van der Waals surface area (Å²) >= 11 is 0. The average molecular weight is 449 g/mol. The molecule has 0 fully saturated rings. The highest BCUT2D eigenvalue weighted by Gasteiger charge is 2.21. The summed E-state index contributed by atoms with van der Waals surface area (Å²) in [5.74, 6) is 0.387. The van der Waals surface area contributed by atoms with Crippen LogP contribution in [0.2, 0.25) is 0 Å². The molecule has 0 amide bonds. The first-order valence-electron chi connectivity index (χ1n) is 11.2. The molecule has 0 saturated heterocycles. The van der Waals surface area contributed by atoms with E-state index < -0.39 is 10.9 Å². The molecule has 1 aliphatic heterocycles. The molecule has 0 saturated carbocycles. The van der Waals surface area contributed by atoms with E-state index in [1.165, 1.54) is 50.3 Å². The van der Waals surface area contributed by atoms with Crippen LogP contribution in [0.4, 0.5) is 5.69 Å². The number of carbonyl (C=O) groups excluding carboxylic acids is 1. The van der Waals surface area contributed by atoms with Crippen molar-refractivity contribution >= 4 is 29.7 Å². The van der Waals surface area contributed by atoms with E-state index in [1.807, 2.05) is 24.3 Å². The number of nitro groups is 1. The number of unbranched alkanes of at least 4 members (excludes halogenated alkanes) is 5. The second-order valence-electron chi connectivity index (χ2n) is 7.74. The molecule has 0 radical (unpaired) electrons. The van der Waals surface area contributed by atoms with E-state index in [0.29, 0.717) is 12.2 Å². The van der Waals surface area contributed by atoms with Gasteiger partial charge in [-0.1, -0.05) is 63.3 Å². The lowest BCUT2D eigenvalue weighted by molar-refractivity contribution is -0.384. The van der Waals surface area contributed by atoms with Crippen LogP contribution in [0.15, 0.2) is 65.3 Å². The lowest BCUT2D eigenvalue weighted by atomic mass is 10.1. The fourth-order valence-electron chi connectivity index (χ4n) is 3.30. The summed E-state index contributed by atoms with van der Waals surface area (Å²) in [4.78, 5) is 26.7. The van der Waals surface area contributed by atoms with E-state index in [0.717, 1.165) is 17.7 Å². The van der Waals surface area contributed by atoms with Crippen LogP contribution in [0, 0.1) is 10.1 Å². The number of hydrogen-bond donors (Lipinski definition) is 0. The Kier molecular flexibility index (Phi) is 8.94. The van der Waals surface area contributed by atoms with Crippen molar-refractivity contribution in [2.45, 2.75) is 45.4 Å². The van der Waals surface area contributed by atoms with Gasteiger partial charge in [-0.15, -0.1) is 0 Å². The number of nitrogens with zero attached hydrogens (tertiary/aromatic N) is 2. The van der Waals surface area contributed by atoms with E-state index in [4.69, 9.17) is 9.47 Å². The van der Waals surface area contributed by atoms with E-state index in [2.05, 4.69) is 11.9 Å². The zero-order chi connectivity index (χ0) is 23.5. The Balaban J connectivity index is 1.54. The van der Waals surface area contributed by atoms with Gasteiger partial charge < -0.3 is 9.47 Å². The van der Waals surface area contributed by atoms with Crippen molar-refractivity contribution in [3.63, 3.8) is 0 Å². The van der Waals surface area contributed by atoms with E-state index in [-0.39, 0.29) is 17.3 Å². The highest BCUT2D eigenvalue weighted by Crippen LogP contribution is 2.20. The number of aliphatic imine (C=N–C) groups is 1. The molecule has 2 aromatic carbocycles. The summed E-state index contributed by atoms with van der Waals surface area (Å²) in [7, 11) is 0. The van der Waals surface area contributed by atoms with E-state index in [9.17, 15) is 14.9 Å². The van der Waals surface area contributed by atoms with Crippen LogP contribution in [0.3, 0.4) is 0 Å². The van der Waals surface area contributed by atoms with Crippen LogP contribution in [0.25, 0.3) is 12.2 Å². The number of rotatable bonds is 12. The summed E-state index contributed by atoms with van der Waals surface area (Å²) in [6.45, 7) is 2.91. The van der Waals surface area contributed by atoms with Gasteiger partial charge >= 0.3 is 5.97 Å². The van der Waals surface area contributed by atoms with Gasteiger partial charge in [-0.3, -0.25) is 10.1 Å². The maximum absolute atomic E-state index is 12.1. The van der Waals surface area contributed by atoms with Crippen LogP contribution in [0.5, 0.6) is 5.75 Å². The maximum atomic E-state index is 12.1. The number of nitro benzene ring substituents is 1. The third kappa shape index (κ3) is 7.71. The summed E-state index contributed by atoms with van der Waals surface area (Å²) in [5, 5.41) is 10.9. The monoisotopic (exact) mass is 448 g/mol. The fourth-order valence-corrected chi connectivity index (χ4v) is 3.30. The molecule has 0 N–H and O–H groups in total. The van der Waals surface area contributed by atoms with Crippen molar-refractivity contribution in [1.29, 1.82) is 0 Å². The quantitative estimate of drug-likeness (QED) is 0.124. The van der Waals surface area contributed by atoms with Crippen molar-refractivity contribution in [2.24, 2.45) is 4.99 Å². The van der Waals surface area contributed by atoms with Crippen molar-refractivity contribution < 1.29 is 19.2 Å². The highest BCUT2D eigenvalue weighted by atomic mass is 16.6. The lowest BCUT2D eigenvalue weighted by Crippen LogP contribution is -2.01. The number of carbonyl (C=O) groups is 1. The SMILES string of the molecule is CCCCCCCCOc1ccc(/C=C2N=C(/C=C\c3cccc([N+](=O)[O-])c3)OC/2=O)cc1. The predicted molar refractivity (Wildman–Crippen MR) is 129 cm³/mol. The van der Waals surface area contributed by atoms with Gasteiger partial charge in [0.25, 0.3) is 5.69 Å². The molecule has 2 aromatic rings. The van der Waals surface area contributed by atoms with E-state index >= 15 is 0 Å². The molecule has 33 heavy (non-hydrogen) atoms. The number of non-ortho nitro benzene ring substituents is 1. The normalized spacial score (nSPS) is 14.5. The number of benzene rings is 2. The number of cyclic esters (lactones) is 1. The molecule has 0 aromatic heterocycles. The van der Waals surface area contributed by atoms with Gasteiger partial charge in [0.05, 0.1) is 11.5 Å². The third-order valence-electron chi connectivity index (χ3n) is 5.09. The van der Waals surface area contributed by atoms with Gasteiger partial charge in [0.1, 0.15) is 5.75 Å². The van der Waals surface area contributed by atoms with Gasteiger partial charge in [0, 0.05) is 18.2 Å². The second-order valence-corrected chi connectivity index (χ2v) is 7.74.